The lowest BCUT2D eigenvalue weighted by molar-refractivity contribution is -0.141. The number of nitrogens with zero attached hydrogens (tertiary/aromatic N) is 3. The number of imide groups is 1. The van der Waals surface area contributed by atoms with Gasteiger partial charge in [0.25, 0.3) is 5.91 Å². The second-order valence-corrected chi connectivity index (χ2v) is 8.84. The van der Waals surface area contributed by atoms with Crippen molar-refractivity contribution in [3.8, 4) is 0 Å². The first-order valence-electron chi connectivity index (χ1n) is 10.9. The highest BCUT2D eigenvalue weighted by Gasteiger charge is 2.55. The third-order valence-corrected chi connectivity index (χ3v) is 6.93. The zero-order valence-corrected chi connectivity index (χ0v) is 17.6. The summed E-state index contributed by atoms with van der Waals surface area (Å²) in [4.78, 5) is 46.5. The number of nitrogens with one attached hydrogen (secondary N) is 1. The van der Waals surface area contributed by atoms with E-state index in [1.807, 2.05) is 36.4 Å². The Kier molecular flexibility index (Phi) is 4.76. The van der Waals surface area contributed by atoms with Gasteiger partial charge in [-0.3, -0.25) is 19.5 Å². The molecule has 1 aromatic carbocycles. The van der Waals surface area contributed by atoms with Crippen molar-refractivity contribution in [3.63, 3.8) is 0 Å². The second-order valence-electron chi connectivity index (χ2n) is 8.84. The van der Waals surface area contributed by atoms with Crippen molar-refractivity contribution in [3.05, 3.63) is 65.5 Å². The zero-order valence-electron chi connectivity index (χ0n) is 17.6. The number of benzene rings is 1. The normalized spacial score (nSPS) is 23.1. The third-order valence-electron chi connectivity index (χ3n) is 6.93. The van der Waals surface area contributed by atoms with Crippen LogP contribution in [0.15, 0.2) is 48.8 Å². The summed E-state index contributed by atoms with van der Waals surface area (Å²) in [5, 5.41) is 2.90. The summed E-state index contributed by atoms with van der Waals surface area (Å²) >= 11 is 0. The molecule has 7 nitrogen and oxygen atoms in total. The quantitative estimate of drug-likeness (QED) is 0.731. The summed E-state index contributed by atoms with van der Waals surface area (Å²) in [6, 6.07) is 11.1. The molecule has 2 unspecified atom stereocenters. The Morgan fingerprint density at radius 1 is 1.23 bits per heavy atom. The number of fused-ring (bicyclic) bond motifs is 2. The molecule has 2 aliphatic carbocycles. The SMILES string of the molecule is CC(C1CC1)N(Cc1ccncc1)C(=O)CN1C(=O)NC2(CCc3ccccc32)C1=O. The summed E-state index contributed by atoms with van der Waals surface area (Å²) in [5.41, 5.74) is 1.87. The topological polar surface area (TPSA) is 82.6 Å². The standard InChI is InChI=1S/C24H26N4O3/c1-16(18-6-7-18)27(14-17-9-12-25-13-10-17)21(29)15-28-22(30)24(26-23(28)31)11-8-19-4-2-3-5-20(19)24/h2-5,9-10,12-13,16,18H,6-8,11,14-15H2,1H3,(H,26,31). The van der Waals surface area contributed by atoms with Crippen molar-refractivity contribution in [1.82, 2.24) is 20.1 Å². The lowest BCUT2D eigenvalue weighted by atomic mass is 9.92. The van der Waals surface area contributed by atoms with Gasteiger partial charge in [-0.2, -0.15) is 0 Å². The van der Waals surface area contributed by atoms with Crippen molar-refractivity contribution < 1.29 is 14.4 Å². The van der Waals surface area contributed by atoms with Crippen LogP contribution in [-0.2, 0) is 28.1 Å². The number of amides is 4. The van der Waals surface area contributed by atoms with Gasteiger partial charge >= 0.3 is 6.03 Å². The van der Waals surface area contributed by atoms with Crippen molar-refractivity contribution in [2.24, 2.45) is 5.92 Å². The Labute approximate surface area is 181 Å². The largest absolute Gasteiger partial charge is 0.334 e. The second kappa shape index (κ2) is 7.48. The lowest BCUT2D eigenvalue weighted by Crippen LogP contribution is -2.47. The molecule has 2 aromatic rings. The smallest absolute Gasteiger partial charge is 0.325 e. The summed E-state index contributed by atoms with van der Waals surface area (Å²) in [7, 11) is 0. The van der Waals surface area contributed by atoms with Crippen molar-refractivity contribution in [1.29, 1.82) is 0 Å². The fourth-order valence-electron chi connectivity index (χ4n) is 4.94. The van der Waals surface area contributed by atoms with Gasteiger partial charge < -0.3 is 10.2 Å². The minimum Gasteiger partial charge on any atom is -0.334 e. The number of hydrogen-bond acceptors (Lipinski definition) is 4. The maximum atomic E-state index is 13.4. The Hall–Kier alpha value is -3.22. The number of hydrogen-bond donors (Lipinski definition) is 1. The van der Waals surface area contributed by atoms with Crippen molar-refractivity contribution in [2.45, 2.75) is 50.7 Å². The first kappa shape index (κ1) is 19.7. The Bertz CT molecular complexity index is 1040. The van der Waals surface area contributed by atoms with E-state index in [0.29, 0.717) is 18.9 Å². The van der Waals surface area contributed by atoms with Crippen LogP contribution in [0.5, 0.6) is 0 Å². The number of urea groups is 1. The van der Waals surface area contributed by atoms with Gasteiger partial charge in [-0.1, -0.05) is 24.3 Å². The van der Waals surface area contributed by atoms with E-state index < -0.39 is 11.6 Å². The van der Waals surface area contributed by atoms with Crippen LogP contribution in [0.3, 0.4) is 0 Å². The Morgan fingerprint density at radius 2 is 1.97 bits per heavy atom. The van der Waals surface area contributed by atoms with Crippen LogP contribution < -0.4 is 5.32 Å². The first-order valence-corrected chi connectivity index (χ1v) is 10.9. The fraction of sp³-hybridized carbons (Fsp3) is 0.417. The molecule has 1 saturated carbocycles. The average molecular weight is 418 g/mol. The van der Waals surface area contributed by atoms with Gasteiger partial charge in [0.2, 0.25) is 5.91 Å². The summed E-state index contributed by atoms with van der Waals surface area (Å²) in [6.07, 6.45) is 6.88. The molecule has 2 fully saturated rings. The maximum Gasteiger partial charge on any atom is 0.325 e. The zero-order chi connectivity index (χ0) is 21.6. The van der Waals surface area contributed by atoms with Crippen LogP contribution in [0, 0.1) is 5.92 Å². The van der Waals surface area contributed by atoms with E-state index >= 15 is 0 Å². The van der Waals surface area contributed by atoms with Crippen LogP contribution in [0.25, 0.3) is 0 Å². The molecule has 1 spiro atoms. The van der Waals surface area contributed by atoms with E-state index in [1.165, 1.54) is 0 Å². The van der Waals surface area contributed by atoms with E-state index in [0.717, 1.165) is 40.9 Å². The predicted molar refractivity (Wildman–Crippen MR) is 114 cm³/mol. The lowest BCUT2D eigenvalue weighted by Gasteiger charge is -2.31. The van der Waals surface area contributed by atoms with Crippen LogP contribution in [-0.4, -0.2) is 45.2 Å². The molecule has 1 N–H and O–H groups in total. The van der Waals surface area contributed by atoms with Gasteiger partial charge in [0.05, 0.1) is 0 Å². The number of carbonyl (C=O) groups is 3. The van der Waals surface area contributed by atoms with Crippen LogP contribution in [0.2, 0.25) is 0 Å². The molecule has 1 aliphatic heterocycles. The molecule has 0 bridgehead atoms. The van der Waals surface area contributed by atoms with E-state index in [9.17, 15) is 14.4 Å². The molecule has 0 radical (unpaired) electrons. The molecule has 160 valence electrons. The maximum absolute atomic E-state index is 13.4. The van der Waals surface area contributed by atoms with Gasteiger partial charge in [0.1, 0.15) is 12.1 Å². The first-order chi connectivity index (χ1) is 15.0. The number of carbonyl (C=O) groups excluding carboxylic acids is 3. The minimum atomic E-state index is -1.04. The monoisotopic (exact) mass is 418 g/mol. The summed E-state index contributed by atoms with van der Waals surface area (Å²) in [5.74, 6) is -0.0521. The van der Waals surface area contributed by atoms with Gasteiger partial charge in [-0.25, -0.2) is 4.79 Å². The Morgan fingerprint density at radius 3 is 2.71 bits per heavy atom. The molecular formula is C24H26N4O3. The van der Waals surface area contributed by atoms with E-state index in [4.69, 9.17) is 0 Å². The van der Waals surface area contributed by atoms with Gasteiger partial charge in [-0.05, 0) is 67.3 Å². The molecule has 1 aromatic heterocycles. The van der Waals surface area contributed by atoms with Crippen LogP contribution in [0.4, 0.5) is 4.79 Å². The molecule has 2 heterocycles. The number of rotatable bonds is 6. The number of aromatic nitrogens is 1. The molecule has 1 saturated heterocycles. The van der Waals surface area contributed by atoms with Gasteiger partial charge in [-0.15, -0.1) is 0 Å². The number of aryl methyl sites for hydroxylation is 1. The number of pyridine rings is 1. The third kappa shape index (κ3) is 3.38. The van der Waals surface area contributed by atoms with Crippen LogP contribution in [0.1, 0.15) is 42.9 Å². The van der Waals surface area contributed by atoms with E-state index in [2.05, 4.69) is 17.2 Å². The van der Waals surface area contributed by atoms with E-state index in [1.54, 1.807) is 17.3 Å². The van der Waals surface area contributed by atoms with E-state index in [-0.39, 0.29) is 24.4 Å². The molecule has 31 heavy (non-hydrogen) atoms. The van der Waals surface area contributed by atoms with Crippen molar-refractivity contribution >= 4 is 17.8 Å². The highest BCUT2D eigenvalue weighted by atomic mass is 16.2. The molecule has 4 amide bonds. The van der Waals surface area contributed by atoms with Gasteiger partial charge in [0.15, 0.2) is 0 Å². The Balaban J connectivity index is 1.37. The molecule has 2 atom stereocenters. The predicted octanol–water partition coefficient (Wildman–Crippen LogP) is 2.60. The molecule has 5 rings (SSSR count). The highest BCUT2D eigenvalue weighted by Crippen LogP contribution is 2.41. The molecule has 7 heteroatoms. The summed E-state index contributed by atoms with van der Waals surface area (Å²) < 4.78 is 0. The average Bonchev–Trinajstić information content (AvgIpc) is 3.54. The molecular weight excluding hydrogens is 392 g/mol. The fourth-order valence-corrected chi connectivity index (χ4v) is 4.94. The molecule has 3 aliphatic rings. The van der Waals surface area contributed by atoms with Crippen molar-refractivity contribution in [2.75, 3.05) is 6.54 Å². The minimum absolute atomic E-state index is 0.0580. The highest BCUT2D eigenvalue weighted by molar-refractivity contribution is 6.09. The van der Waals surface area contributed by atoms with Gasteiger partial charge in [0, 0.05) is 25.0 Å². The van der Waals surface area contributed by atoms with Crippen LogP contribution >= 0.6 is 0 Å². The summed E-state index contributed by atoms with van der Waals surface area (Å²) in [6.45, 7) is 2.25.